The molecule has 1 aliphatic heterocycles. The van der Waals surface area contributed by atoms with Gasteiger partial charge >= 0.3 is 0 Å². The van der Waals surface area contributed by atoms with Crippen LogP contribution in [0, 0.1) is 0 Å². The van der Waals surface area contributed by atoms with Crippen LogP contribution < -0.4 is 5.32 Å². The van der Waals surface area contributed by atoms with Crippen LogP contribution >= 0.6 is 23.2 Å². The van der Waals surface area contributed by atoms with Crippen LogP contribution in [0.15, 0.2) is 22.7 Å². The second-order valence-electron chi connectivity index (χ2n) is 6.82. The zero-order chi connectivity index (χ0) is 18.1. The van der Waals surface area contributed by atoms with Gasteiger partial charge in [-0.05, 0) is 43.4 Å². The summed E-state index contributed by atoms with van der Waals surface area (Å²) >= 11 is 12.4. The maximum Gasteiger partial charge on any atom is 0.246 e. The van der Waals surface area contributed by atoms with Crippen molar-refractivity contribution in [2.45, 2.75) is 43.6 Å². The lowest BCUT2D eigenvalue weighted by atomic mass is 9.73. The number of rotatable bonds is 5. The fraction of sp³-hybridized carbons (Fsp3) is 0.500. The Bertz CT molecular complexity index is 814. The number of amides is 1. The van der Waals surface area contributed by atoms with Crippen molar-refractivity contribution in [1.82, 2.24) is 15.5 Å². The number of carbonyl (C=O) groups is 1. The van der Waals surface area contributed by atoms with Crippen LogP contribution in [0.25, 0.3) is 0 Å². The lowest BCUT2D eigenvalue weighted by Crippen LogP contribution is -2.48. The van der Waals surface area contributed by atoms with E-state index in [9.17, 15) is 4.79 Å². The van der Waals surface area contributed by atoms with E-state index in [-0.39, 0.29) is 12.5 Å². The molecule has 8 heteroatoms. The highest BCUT2D eigenvalue weighted by Gasteiger charge is 2.43. The number of ether oxygens (including phenoxy) is 1. The van der Waals surface area contributed by atoms with Gasteiger partial charge in [0.2, 0.25) is 11.8 Å². The molecule has 0 unspecified atom stereocenters. The third-order valence-corrected chi connectivity index (χ3v) is 5.60. The number of carbonyl (C=O) groups excluding carboxylic acids is 1. The number of hydrogen-bond donors (Lipinski definition) is 1. The van der Waals surface area contributed by atoms with E-state index in [2.05, 4.69) is 15.5 Å². The van der Waals surface area contributed by atoms with Gasteiger partial charge in [0.05, 0.1) is 12.0 Å². The molecule has 0 bridgehead atoms. The van der Waals surface area contributed by atoms with Gasteiger partial charge in [0.15, 0.2) is 5.82 Å². The average molecular weight is 396 g/mol. The van der Waals surface area contributed by atoms with Gasteiger partial charge in [-0.3, -0.25) is 4.79 Å². The van der Waals surface area contributed by atoms with Crippen molar-refractivity contribution in [2.75, 3.05) is 13.2 Å². The van der Waals surface area contributed by atoms with Crippen molar-refractivity contribution in [3.63, 3.8) is 0 Å². The van der Waals surface area contributed by atoms with Gasteiger partial charge in [-0.1, -0.05) is 34.4 Å². The zero-order valence-corrected chi connectivity index (χ0v) is 15.6. The zero-order valence-electron chi connectivity index (χ0n) is 14.1. The monoisotopic (exact) mass is 395 g/mol. The average Bonchev–Trinajstić information content (AvgIpc) is 3.38. The Kier molecular flexibility index (Phi) is 4.90. The summed E-state index contributed by atoms with van der Waals surface area (Å²) in [4.78, 5) is 17.5. The van der Waals surface area contributed by atoms with E-state index >= 15 is 0 Å². The van der Waals surface area contributed by atoms with E-state index in [0.717, 1.165) is 24.2 Å². The fourth-order valence-corrected chi connectivity index (χ4v) is 3.98. The minimum absolute atomic E-state index is 0.115. The molecule has 138 valence electrons. The van der Waals surface area contributed by atoms with Gasteiger partial charge in [0.25, 0.3) is 0 Å². The van der Waals surface area contributed by atoms with E-state index in [1.165, 1.54) is 0 Å². The largest absolute Gasteiger partial charge is 0.381 e. The maximum absolute atomic E-state index is 13.1. The fourth-order valence-electron chi connectivity index (χ4n) is 3.39. The summed E-state index contributed by atoms with van der Waals surface area (Å²) in [6.45, 7) is 1.20. The van der Waals surface area contributed by atoms with Gasteiger partial charge in [-0.2, -0.15) is 4.98 Å². The van der Waals surface area contributed by atoms with E-state index < -0.39 is 5.41 Å². The standard InChI is InChI=1S/C18H19Cl2N3O3/c19-12-3-4-13(14(20)9-12)18(5-7-25-8-6-18)17(24)21-10-15-22-16(23-26-15)11-1-2-11/h3-4,9,11H,1-2,5-8,10H2,(H,21,24). The van der Waals surface area contributed by atoms with Crippen molar-refractivity contribution in [1.29, 1.82) is 0 Å². The third-order valence-electron chi connectivity index (χ3n) is 5.05. The summed E-state index contributed by atoms with van der Waals surface area (Å²) in [5, 5.41) is 7.95. The predicted molar refractivity (Wildman–Crippen MR) is 96.3 cm³/mol. The maximum atomic E-state index is 13.1. The van der Waals surface area contributed by atoms with Gasteiger partial charge in [-0.15, -0.1) is 0 Å². The molecule has 1 N–H and O–H groups in total. The number of nitrogens with one attached hydrogen (secondary N) is 1. The number of benzene rings is 1. The topological polar surface area (TPSA) is 77.3 Å². The van der Waals surface area contributed by atoms with Crippen molar-refractivity contribution < 1.29 is 14.1 Å². The predicted octanol–water partition coefficient (Wildman–Crippen LogP) is 3.62. The van der Waals surface area contributed by atoms with Crippen LogP contribution in [0.3, 0.4) is 0 Å². The van der Waals surface area contributed by atoms with Crippen LogP contribution in [-0.4, -0.2) is 29.3 Å². The minimum atomic E-state index is -0.751. The van der Waals surface area contributed by atoms with Crippen LogP contribution in [0.2, 0.25) is 10.0 Å². The molecule has 1 saturated heterocycles. The molecule has 2 aromatic rings. The molecule has 26 heavy (non-hydrogen) atoms. The highest BCUT2D eigenvalue weighted by atomic mass is 35.5. The van der Waals surface area contributed by atoms with Crippen molar-refractivity contribution in [2.24, 2.45) is 0 Å². The first-order valence-electron chi connectivity index (χ1n) is 8.72. The summed E-state index contributed by atoms with van der Waals surface area (Å²) in [5.41, 5.74) is 0.0211. The van der Waals surface area contributed by atoms with E-state index in [1.54, 1.807) is 12.1 Å². The SMILES string of the molecule is O=C(NCc1nc(C2CC2)no1)C1(c2ccc(Cl)cc2Cl)CCOCC1. The van der Waals surface area contributed by atoms with E-state index in [1.807, 2.05) is 6.07 Å². The molecule has 1 aliphatic carbocycles. The Morgan fingerprint density at radius 2 is 2.04 bits per heavy atom. The molecule has 1 aromatic heterocycles. The molecule has 1 saturated carbocycles. The molecule has 2 aliphatic rings. The Balaban J connectivity index is 1.54. The molecule has 4 rings (SSSR count). The molecule has 2 heterocycles. The van der Waals surface area contributed by atoms with Gasteiger partial charge in [0.1, 0.15) is 0 Å². The smallest absolute Gasteiger partial charge is 0.246 e. The number of halogens is 2. The number of aromatic nitrogens is 2. The summed E-state index contributed by atoms with van der Waals surface area (Å²) in [6.07, 6.45) is 3.31. The Morgan fingerprint density at radius 1 is 1.27 bits per heavy atom. The minimum Gasteiger partial charge on any atom is -0.381 e. The highest BCUT2D eigenvalue weighted by Crippen LogP contribution is 2.40. The normalized spacial score (nSPS) is 19.3. The lowest BCUT2D eigenvalue weighted by Gasteiger charge is -2.36. The van der Waals surface area contributed by atoms with Crippen LogP contribution in [-0.2, 0) is 21.5 Å². The Morgan fingerprint density at radius 3 is 2.73 bits per heavy atom. The number of nitrogens with zero attached hydrogens (tertiary/aromatic N) is 2. The summed E-state index contributed by atoms with van der Waals surface area (Å²) in [5.74, 6) is 1.45. The molecule has 0 spiro atoms. The van der Waals surface area contributed by atoms with Crippen LogP contribution in [0.1, 0.15) is 48.9 Å². The molecule has 1 aromatic carbocycles. The van der Waals surface area contributed by atoms with Crippen molar-refractivity contribution in [3.05, 3.63) is 45.5 Å². The first-order chi connectivity index (χ1) is 12.6. The molecular formula is C18H19Cl2N3O3. The van der Waals surface area contributed by atoms with Gasteiger partial charge < -0.3 is 14.6 Å². The van der Waals surface area contributed by atoms with Crippen molar-refractivity contribution >= 4 is 29.1 Å². The van der Waals surface area contributed by atoms with Gasteiger partial charge in [0, 0.05) is 29.2 Å². The summed E-state index contributed by atoms with van der Waals surface area (Å²) in [7, 11) is 0. The molecule has 6 nitrogen and oxygen atoms in total. The Hall–Kier alpha value is -1.63. The summed E-state index contributed by atoms with van der Waals surface area (Å²) in [6, 6.07) is 5.25. The van der Waals surface area contributed by atoms with Crippen LogP contribution in [0.4, 0.5) is 0 Å². The Labute approximate surface area is 161 Å². The molecule has 2 fully saturated rings. The first kappa shape index (κ1) is 17.8. The number of hydrogen-bond acceptors (Lipinski definition) is 5. The van der Waals surface area contributed by atoms with E-state index in [4.69, 9.17) is 32.5 Å². The molecule has 0 atom stereocenters. The molecule has 0 radical (unpaired) electrons. The lowest BCUT2D eigenvalue weighted by molar-refractivity contribution is -0.130. The van der Waals surface area contributed by atoms with E-state index in [0.29, 0.717) is 47.9 Å². The second kappa shape index (κ2) is 7.18. The molecular weight excluding hydrogens is 377 g/mol. The van der Waals surface area contributed by atoms with Gasteiger partial charge in [-0.25, -0.2) is 0 Å². The molecule has 1 amide bonds. The second-order valence-corrected chi connectivity index (χ2v) is 7.67. The third kappa shape index (κ3) is 3.46. The van der Waals surface area contributed by atoms with Crippen molar-refractivity contribution in [3.8, 4) is 0 Å². The highest BCUT2D eigenvalue weighted by molar-refractivity contribution is 6.35. The first-order valence-corrected chi connectivity index (χ1v) is 9.48. The quantitative estimate of drug-likeness (QED) is 0.836. The van der Waals surface area contributed by atoms with Crippen LogP contribution in [0.5, 0.6) is 0 Å². The summed E-state index contributed by atoms with van der Waals surface area (Å²) < 4.78 is 10.7.